The van der Waals surface area contributed by atoms with Gasteiger partial charge in [0.05, 0.1) is 12.6 Å². The number of rotatable bonds is 14. The highest BCUT2D eigenvalue weighted by Gasteiger charge is 2.16. The predicted molar refractivity (Wildman–Crippen MR) is 141 cm³/mol. The monoisotopic (exact) mass is 457 g/mol. The number of unbranched alkanes of at least 4 members (excludes halogenated alkanes) is 4. The lowest BCUT2D eigenvalue weighted by atomic mass is 9.98. The number of aryl methyl sites for hydroxylation is 2. The summed E-state index contributed by atoms with van der Waals surface area (Å²) >= 11 is 0. The van der Waals surface area contributed by atoms with Crippen LogP contribution in [0.1, 0.15) is 73.7 Å². The lowest BCUT2D eigenvalue weighted by Gasteiger charge is -2.20. The topological polar surface area (TPSA) is 38.3 Å². The van der Waals surface area contributed by atoms with E-state index in [-0.39, 0.29) is 11.9 Å². The Morgan fingerprint density at radius 2 is 1.56 bits per heavy atom. The summed E-state index contributed by atoms with van der Waals surface area (Å²) in [5.41, 5.74) is 4.69. The van der Waals surface area contributed by atoms with Crippen LogP contribution >= 0.6 is 0 Å². The van der Waals surface area contributed by atoms with Gasteiger partial charge >= 0.3 is 0 Å². The lowest BCUT2D eigenvalue weighted by Crippen LogP contribution is -2.30. The number of benzene rings is 3. The van der Waals surface area contributed by atoms with E-state index < -0.39 is 0 Å². The molecule has 0 spiro atoms. The third kappa shape index (κ3) is 8.70. The van der Waals surface area contributed by atoms with E-state index >= 15 is 0 Å². The van der Waals surface area contributed by atoms with Crippen molar-refractivity contribution in [3.63, 3.8) is 0 Å². The van der Waals surface area contributed by atoms with E-state index in [0.29, 0.717) is 12.8 Å². The second-order valence-corrected chi connectivity index (χ2v) is 9.09. The third-order valence-electron chi connectivity index (χ3n) is 6.20. The molecule has 0 heterocycles. The number of para-hydroxylation sites is 1. The Morgan fingerprint density at radius 1 is 0.853 bits per heavy atom. The van der Waals surface area contributed by atoms with Gasteiger partial charge in [0, 0.05) is 6.42 Å². The first-order valence-corrected chi connectivity index (χ1v) is 12.8. The normalized spacial score (nSPS) is 11.7. The number of amides is 1. The molecule has 0 aliphatic heterocycles. The van der Waals surface area contributed by atoms with Crippen molar-refractivity contribution in [2.75, 3.05) is 6.61 Å². The smallest absolute Gasteiger partial charge is 0.220 e. The fraction of sp³-hybridized carbons (Fsp3) is 0.387. The summed E-state index contributed by atoms with van der Waals surface area (Å²) in [6.45, 7) is 5.06. The van der Waals surface area contributed by atoms with Gasteiger partial charge in [0.15, 0.2) is 0 Å². The summed E-state index contributed by atoms with van der Waals surface area (Å²) < 4.78 is 6.06. The maximum Gasteiger partial charge on any atom is 0.220 e. The zero-order chi connectivity index (χ0) is 24.0. The van der Waals surface area contributed by atoms with Crippen LogP contribution < -0.4 is 10.1 Å². The molecule has 0 fully saturated rings. The first kappa shape index (κ1) is 25.6. The Morgan fingerprint density at radius 3 is 2.32 bits per heavy atom. The largest absolute Gasteiger partial charge is 0.493 e. The number of nitrogens with one attached hydrogen (secondary N) is 1. The SMILES string of the molecule is CCCCCCCOc1ccccc1CCC(=O)NC(Cc1ccc(C)cc1)c1ccccc1. The Hall–Kier alpha value is -3.07. The molecule has 0 saturated heterocycles. The summed E-state index contributed by atoms with van der Waals surface area (Å²) in [6, 6.07) is 26.8. The quantitative estimate of drug-likeness (QED) is 0.257. The maximum absolute atomic E-state index is 13.0. The number of carbonyl (C=O) groups excluding carboxylic acids is 1. The van der Waals surface area contributed by atoms with E-state index in [1.54, 1.807) is 0 Å². The molecular formula is C31H39NO2. The first-order valence-electron chi connectivity index (χ1n) is 12.8. The molecular weight excluding hydrogens is 418 g/mol. The van der Waals surface area contributed by atoms with Crippen molar-refractivity contribution in [1.29, 1.82) is 0 Å². The minimum atomic E-state index is -0.0500. The molecule has 3 aromatic rings. The van der Waals surface area contributed by atoms with E-state index in [2.05, 4.69) is 61.6 Å². The average Bonchev–Trinajstić information content (AvgIpc) is 2.87. The van der Waals surface area contributed by atoms with Crippen molar-refractivity contribution in [2.45, 2.75) is 71.3 Å². The van der Waals surface area contributed by atoms with Crippen molar-refractivity contribution >= 4 is 5.91 Å². The number of hydrogen-bond acceptors (Lipinski definition) is 2. The van der Waals surface area contributed by atoms with Gasteiger partial charge in [-0.1, -0.05) is 111 Å². The molecule has 0 aliphatic rings. The highest BCUT2D eigenvalue weighted by molar-refractivity contribution is 5.77. The van der Waals surface area contributed by atoms with E-state index in [0.717, 1.165) is 36.3 Å². The second kappa shape index (κ2) is 14.2. The van der Waals surface area contributed by atoms with Gasteiger partial charge in [-0.05, 0) is 48.9 Å². The molecule has 0 aromatic heterocycles. The second-order valence-electron chi connectivity index (χ2n) is 9.09. The highest BCUT2D eigenvalue weighted by atomic mass is 16.5. The first-order chi connectivity index (χ1) is 16.7. The van der Waals surface area contributed by atoms with Gasteiger partial charge in [-0.15, -0.1) is 0 Å². The minimum absolute atomic E-state index is 0.0500. The van der Waals surface area contributed by atoms with Crippen LogP contribution in [0.3, 0.4) is 0 Å². The fourth-order valence-electron chi connectivity index (χ4n) is 4.15. The van der Waals surface area contributed by atoms with Crippen molar-refractivity contribution < 1.29 is 9.53 Å². The molecule has 0 bridgehead atoms. The molecule has 34 heavy (non-hydrogen) atoms. The van der Waals surface area contributed by atoms with Crippen molar-refractivity contribution in [2.24, 2.45) is 0 Å². The van der Waals surface area contributed by atoms with Gasteiger partial charge in [0.1, 0.15) is 5.75 Å². The van der Waals surface area contributed by atoms with Gasteiger partial charge in [-0.3, -0.25) is 4.79 Å². The number of carbonyl (C=O) groups is 1. The molecule has 1 atom stereocenters. The standard InChI is InChI=1S/C31H39NO2/c1-3-4-5-6-12-23-34-30-16-11-10-15-28(30)21-22-31(33)32-29(27-13-8-7-9-14-27)24-26-19-17-25(2)18-20-26/h7-11,13-20,29H,3-6,12,21-24H2,1-2H3,(H,32,33). The van der Waals surface area contributed by atoms with Crippen LogP contribution in [0.15, 0.2) is 78.9 Å². The van der Waals surface area contributed by atoms with Gasteiger partial charge in [-0.25, -0.2) is 0 Å². The molecule has 3 rings (SSSR count). The Balaban J connectivity index is 1.56. The van der Waals surface area contributed by atoms with Gasteiger partial charge in [-0.2, -0.15) is 0 Å². The van der Waals surface area contributed by atoms with Gasteiger partial charge < -0.3 is 10.1 Å². The Kier molecular flexibility index (Phi) is 10.7. The van der Waals surface area contributed by atoms with Crippen LogP contribution in [-0.4, -0.2) is 12.5 Å². The van der Waals surface area contributed by atoms with Gasteiger partial charge in [0.25, 0.3) is 0 Å². The molecule has 3 nitrogen and oxygen atoms in total. The Labute approximate surface area is 205 Å². The molecule has 0 saturated carbocycles. The van der Waals surface area contributed by atoms with E-state index in [4.69, 9.17) is 4.74 Å². The van der Waals surface area contributed by atoms with Crippen LogP contribution in [0.2, 0.25) is 0 Å². The minimum Gasteiger partial charge on any atom is -0.493 e. The molecule has 3 heteroatoms. The molecule has 3 aromatic carbocycles. The molecule has 0 radical (unpaired) electrons. The third-order valence-corrected chi connectivity index (χ3v) is 6.20. The summed E-state index contributed by atoms with van der Waals surface area (Å²) in [5, 5.41) is 3.28. The highest BCUT2D eigenvalue weighted by Crippen LogP contribution is 2.22. The van der Waals surface area contributed by atoms with Gasteiger partial charge in [0.2, 0.25) is 5.91 Å². The predicted octanol–water partition coefficient (Wildman–Crippen LogP) is 7.38. The molecule has 1 unspecified atom stereocenters. The van der Waals surface area contributed by atoms with E-state index in [1.165, 1.54) is 36.8 Å². The summed E-state index contributed by atoms with van der Waals surface area (Å²) in [7, 11) is 0. The van der Waals surface area contributed by atoms with Crippen LogP contribution in [0.25, 0.3) is 0 Å². The lowest BCUT2D eigenvalue weighted by molar-refractivity contribution is -0.121. The van der Waals surface area contributed by atoms with Crippen molar-refractivity contribution in [1.82, 2.24) is 5.32 Å². The van der Waals surface area contributed by atoms with Crippen LogP contribution in [0, 0.1) is 6.92 Å². The number of ether oxygens (including phenoxy) is 1. The summed E-state index contributed by atoms with van der Waals surface area (Å²) in [5.74, 6) is 0.973. The van der Waals surface area contributed by atoms with Crippen LogP contribution in [-0.2, 0) is 17.6 Å². The van der Waals surface area contributed by atoms with E-state index in [1.807, 2.05) is 36.4 Å². The molecule has 180 valence electrons. The average molecular weight is 458 g/mol. The molecule has 1 N–H and O–H groups in total. The van der Waals surface area contributed by atoms with Crippen LogP contribution in [0.4, 0.5) is 0 Å². The van der Waals surface area contributed by atoms with Crippen LogP contribution in [0.5, 0.6) is 5.75 Å². The molecule has 0 aliphatic carbocycles. The maximum atomic E-state index is 13.0. The zero-order valence-corrected chi connectivity index (χ0v) is 20.8. The zero-order valence-electron chi connectivity index (χ0n) is 20.8. The van der Waals surface area contributed by atoms with Crippen molar-refractivity contribution in [3.8, 4) is 5.75 Å². The summed E-state index contributed by atoms with van der Waals surface area (Å²) in [4.78, 5) is 13.0. The Bertz CT molecular complexity index is 982. The number of hydrogen-bond donors (Lipinski definition) is 1. The molecule has 1 amide bonds. The summed E-state index contributed by atoms with van der Waals surface area (Å²) in [6.07, 6.45) is 7.98. The fourth-order valence-corrected chi connectivity index (χ4v) is 4.15. The van der Waals surface area contributed by atoms with E-state index in [9.17, 15) is 4.79 Å². The van der Waals surface area contributed by atoms with Crippen molar-refractivity contribution in [3.05, 3.63) is 101 Å².